The van der Waals surface area contributed by atoms with E-state index in [2.05, 4.69) is 71.5 Å². The van der Waals surface area contributed by atoms with E-state index in [4.69, 9.17) is 0 Å². The number of piperidine rings is 1. The van der Waals surface area contributed by atoms with Crippen molar-refractivity contribution in [1.82, 2.24) is 9.88 Å². The first-order chi connectivity index (χ1) is 11.3. The third-order valence-electron chi connectivity index (χ3n) is 5.03. The summed E-state index contributed by atoms with van der Waals surface area (Å²) in [4.78, 5) is 0. The number of aryl methyl sites for hydroxylation is 1. The lowest BCUT2D eigenvalue weighted by molar-refractivity contribution is 0.461. The van der Waals surface area contributed by atoms with Gasteiger partial charge in [-0.05, 0) is 56.0 Å². The minimum absolute atomic E-state index is 0. The molecule has 1 aliphatic rings. The molecule has 1 saturated heterocycles. The zero-order chi connectivity index (χ0) is 15.6. The van der Waals surface area contributed by atoms with Crippen LogP contribution in [0.15, 0.2) is 54.7 Å². The van der Waals surface area contributed by atoms with E-state index in [1.165, 1.54) is 40.4 Å². The molecule has 0 atom stereocenters. The molecule has 2 heterocycles. The van der Waals surface area contributed by atoms with Gasteiger partial charge < -0.3 is 9.88 Å². The van der Waals surface area contributed by atoms with E-state index in [0.29, 0.717) is 5.92 Å². The van der Waals surface area contributed by atoms with Gasteiger partial charge in [-0.25, -0.2) is 0 Å². The Bertz CT molecular complexity index is 820. The Labute approximate surface area is 162 Å². The number of benzene rings is 2. The van der Waals surface area contributed by atoms with Crippen LogP contribution in [0.1, 0.15) is 35.4 Å². The van der Waals surface area contributed by atoms with Crippen LogP contribution in [-0.4, -0.2) is 17.7 Å². The predicted octanol–water partition coefficient (Wildman–Crippen LogP) is 5.31. The average molecular weight is 377 g/mol. The number of fused-ring (bicyclic) bond motifs is 1. The number of hydrogen-bond donors (Lipinski definition) is 1. The van der Waals surface area contributed by atoms with Crippen LogP contribution in [0.4, 0.5) is 0 Å². The minimum Gasteiger partial charge on any atom is -0.343 e. The quantitative estimate of drug-likeness (QED) is 0.655. The third-order valence-corrected chi connectivity index (χ3v) is 5.03. The summed E-state index contributed by atoms with van der Waals surface area (Å²) in [6, 6.07) is 17.7. The van der Waals surface area contributed by atoms with Gasteiger partial charge in [-0.2, -0.15) is 0 Å². The van der Waals surface area contributed by atoms with Crippen molar-refractivity contribution in [2.24, 2.45) is 0 Å². The van der Waals surface area contributed by atoms with Crippen molar-refractivity contribution in [3.8, 4) is 0 Å². The second-order valence-corrected chi connectivity index (χ2v) is 6.74. The Balaban J connectivity index is 0.00000113. The zero-order valence-electron chi connectivity index (χ0n) is 14.6. The van der Waals surface area contributed by atoms with Crippen molar-refractivity contribution in [2.75, 3.05) is 13.1 Å². The van der Waals surface area contributed by atoms with Crippen molar-refractivity contribution in [3.63, 3.8) is 0 Å². The summed E-state index contributed by atoms with van der Waals surface area (Å²) >= 11 is 0. The number of hydrogen-bond acceptors (Lipinski definition) is 1. The van der Waals surface area contributed by atoms with Gasteiger partial charge in [-0.15, -0.1) is 24.8 Å². The smallest absolute Gasteiger partial charge is 0.0486 e. The maximum atomic E-state index is 3.48. The summed E-state index contributed by atoms with van der Waals surface area (Å²) in [5.74, 6) is 0.694. The first-order valence-corrected chi connectivity index (χ1v) is 8.65. The van der Waals surface area contributed by atoms with Gasteiger partial charge in [0.05, 0.1) is 0 Å². The molecule has 0 unspecified atom stereocenters. The monoisotopic (exact) mass is 376 g/mol. The fourth-order valence-electron chi connectivity index (χ4n) is 3.87. The van der Waals surface area contributed by atoms with Gasteiger partial charge in [-0.1, -0.05) is 48.0 Å². The third kappa shape index (κ3) is 4.20. The maximum absolute atomic E-state index is 3.48. The Morgan fingerprint density at radius 3 is 2.52 bits per heavy atom. The van der Waals surface area contributed by atoms with Gasteiger partial charge in [0, 0.05) is 23.6 Å². The maximum Gasteiger partial charge on any atom is 0.0486 e. The highest BCUT2D eigenvalue weighted by atomic mass is 35.5. The van der Waals surface area contributed by atoms with Gasteiger partial charge >= 0.3 is 0 Å². The second kappa shape index (κ2) is 8.75. The summed E-state index contributed by atoms with van der Waals surface area (Å²) in [6.07, 6.45) is 4.90. The average Bonchev–Trinajstić information content (AvgIpc) is 2.95. The summed E-state index contributed by atoms with van der Waals surface area (Å²) in [5, 5.41) is 4.92. The first kappa shape index (κ1) is 19.8. The molecular weight excluding hydrogens is 351 g/mol. The van der Waals surface area contributed by atoms with E-state index >= 15 is 0 Å². The molecule has 0 aliphatic carbocycles. The predicted molar refractivity (Wildman–Crippen MR) is 112 cm³/mol. The van der Waals surface area contributed by atoms with Crippen molar-refractivity contribution in [1.29, 1.82) is 0 Å². The molecule has 1 aliphatic heterocycles. The van der Waals surface area contributed by atoms with Crippen LogP contribution in [0.25, 0.3) is 10.9 Å². The molecule has 0 radical (unpaired) electrons. The lowest BCUT2D eigenvalue weighted by atomic mass is 9.90. The fourth-order valence-corrected chi connectivity index (χ4v) is 3.87. The number of para-hydroxylation sites is 1. The molecule has 0 spiro atoms. The molecule has 25 heavy (non-hydrogen) atoms. The van der Waals surface area contributed by atoms with E-state index in [-0.39, 0.29) is 24.8 Å². The summed E-state index contributed by atoms with van der Waals surface area (Å²) < 4.78 is 2.43. The highest BCUT2D eigenvalue weighted by Gasteiger charge is 2.19. The molecular formula is C21H26Cl2N2. The largest absolute Gasteiger partial charge is 0.343 e. The molecule has 0 amide bonds. The molecule has 3 aromatic rings. The van der Waals surface area contributed by atoms with Crippen LogP contribution in [0, 0.1) is 6.92 Å². The molecule has 4 rings (SSSR count). The fraction of sp³-hybridized carbons (Fsp3) is 0.333. The number of nitrogens with one attached hydrogen (secondary N) is 1. The summed E-state index contributed by atoms with van der Waals surface area (Å²) in [5.41, 5.74) is 5.61. The minimum atomic E-state index is 0. The van der Waals surface area contributed by atoms with Crippen LogP contribution < -0.4 is 5.32 Å². The van der Waals surface area contributed by atoms with Gasteiger partial charge in [0.1, 0.15) is 0 Å². The van der Waals surface area contributed by atoms with Crippen LogP contribution in [0.5, 0.6) is 0 Å². The molecule has 1 fully saturated rings. The Morgan fingerprint density at radius 1 is 1.00 bits per heavy atom. The van der Waals surface area contributed by atoms with E-state index in [0.717, 1.165) is 19.6 Å². The SMILES string of the molecule is Cc1cccc(Cn2cc(C3CCNCC3)c3ccccc32)c1.Cl.Cl. The highest BCUT2D eigenvalue weighted by Crippen LogP contribution is 2.33. The normalized spacial score (nSPS) is 14.8. The van der Waals surface area contributed by atoms with E-state index < -0.39 is 0 Å². The van der Waals surface area contributed by atoms with Crippen molar-refractivity contribution >= 4 is 35.7 Å². The molecule has 134 valence electrons. The second-order valence-electron chi connectivity index (χ2n) is 6.74. The van der Waals surface area contributed by atoms with Crippen molar-refractivity contribution in [3.05, 3.63) is 71.4 Å². The standard InChI is InChI=1S/C21H24N2.2ClH/c1-16-5-4-6-17(13-16)14-23-15-20(18-9-11-22-12-10-18)19-7-2-3-8-21(19)23;;/h2-8,13,15,18,22H,9-12,14H2,1H3;2*1H. The van der Waals surface area contributed by atoms with E-state index in [1.807, 2.05) is 0 Å². The molecule has 2 aromatic carbocycles. The number of halogens is 2. The van der Waals surface area contributed by atoms with Crippen molar-refractivity contribution < 1.29 is 0 Å². The number of aromatic nitrogens is 1. The topological polar surface area (TPSA) is 17.0 Å². The Kier molecular flexibility index (Phi) is 6.95. The Hall–Kier alpha value is -1.48. The van der Waals surface area contributed by atoms with Crippen LogP contribution in [0.3, 0.4) is 0 Å². The molecule has 1 N–H and O–H groups in total. The van der Waals surface area contributed by atoms with Gasteiger partial charge in [0.2, 0.25) is 0 Å². The Morgan fingerprint density at radius 2 is 1.76 bits per heavy atom. The van der Waals surface area contributed by atoms with Gasteiger partial charge in [0.15, 0.2) is 0 Å². The van der Waals surface area contributed by atoms with Crippen molar-refractivity contribution in [2.45, 2.75) is 32.2 Å². The van der Waals surface area contributed by atoms with E-state index in [9.17, 15) is 0 Å². The summed E-state index contributed by atoms with van der Waals surface area (Å²) in [6.45, 7) is 5.40. The zero-order valence-corrected chi connectivity index (χ0v) is 16.2. The molecule has 1 aromatic heterocycles. The summed E-state index contributed by atoms with van der Waals surface area (Å²) in [7, 11) is 0. The molecule has 0 bridgehead atoms. The first-order valence-electron chi connectivity index (χ1n) is 8.65. The molecule has 4 heteroatoms. The van der Waals surface area contributed by atoms with Crippen LogP contribution in [-0.2, 0) is 6.54 Å². The van der Waals surface area contributed by atoms with Gasteiger partial charge in [-0.3, -0.25) is 0 Å². The number of nitrogens with zero attached hydrogens (tertiary/aromatic N) is 1. The van der Waals surface area contributed by atoms with Crippen LogP contribution in [0.2, 0.25) is 0 Å². The highest BCUT2D eigenvalue weighted by molar-refractivity contribution is 5.86. The van der Waals surface area contributed by atoms with Gasteiger partial charge in [0.25, 0.3) is 0 Å². The van der Waals surface area contributed by atoms with E-state index in [1.54, 1.807) is 0 Å². The molecule has 0 saturated carbocycles. The lowest BCUT2D eigenvalue weighted by Gasteiger charge is -2.22. The number of rotatable bonds is 3. The molecule has 2 nitrogen and oxygen atoms in total. The lowest BCUT2D eigenvalue weighted by Crippen LogP contribution is -2.26. The van der Waals surface area contributed by atoms with Crippen LogP contribution >= 0.6 is 24.8 Å².